The second kappa shape index (κ2) is 4.97. The number of rotatable bonds is 3. The zero-order valence-electron chi connectivity index (χ0n) is 13.5. The van der Waals surface area contributed by atoms with E-state index in [9.17, 15) is 0 Å². The van der Waals surface area contributed by atoms with E-state index in [4.69, 9.17) is 4.98 Å². The number of hydrogen-bond donors (Lipinski definition) is 0. The van der Waals surface area contributed by atoms with Gasteiger partial charge in [0.05, 0.1) is 18.6 Å². The lowest BCUT2D eigenvalue weighted by Crippen LogP contribution is -2.33. The third kappa shape index (κ3) is 2.32. The van der Waals surface area contributed by atoms with Gasteiger partial charge in [-0.25, -0.2) is 9.97 Å². The van der Waals surface area contributed by atoms with Crippen molar-refractivity contribution >= 4 is 11.8 Å². The quantitative estimate of drug-likeness (QED) is 0.867. The largest absolute Gasteiger partial charge is 0.363 e. The molecule has 1 aliphatic heterocycles. The predicted molar refractivity (Wildman–Crippen MR) is 86.3 cm³/mol. The number of aryl methyl sites for hydroxylation is 1. The van der Waals surface area contributed by atoms with E-state index in [2.05, 4.69) is 19.4 Å². The molecule has 1 saturated carbocycles. The fourth-order valence-electron chi connectivity index (χ4n) is 3.08. The van der Waals surface area contributed by atoms with Crippen molar-refractivity contribution in [3.8, 4) is 0 Å². The zero-order valence-corrected chi connectivity index (χ0v) is 13.5. The standard InChI is InChI=1S/C16H22N6/c1-11-8-15(20(2)3)19-16(18-11)21-7-6-14-13(9-21)17-10-22(14)12-4-5-12/h8,10,12H,4-7,9H2,1-3H3. The van der Waals surface area contributed by atoms with E-state index in [-0.39, 0.29) is 0 Å². The van der Waals surface area contributed by atoms with Crippen LogP contribution >= 0.6 is 0 Å². The van der Waals surface area contributed by atoms with Gasteiger partial charge in [-0.2, -0.15) is 4.98 Å². The molecule has 0 unspecified atom stereocenters. The first kappa shape index (κ1) is 13.5. The number of anilines is 2. The van der Waals surface area contributed by atoms with Crippen LogP contribution in [-0.2, 0) is 13.0 Å². The highest BCUT2D eigenvalue weighted by Gasteiger charge is 2.30. The van der Waals surface area contributed by atoms with Crippen molar-refractivity contribution in [3.05, 3.63) is 29.5 Å². The van der Waals surface area contributed by atoms with Crippen LogP contribution in [0.3, 0.4) is 0 Å². The van der Waals surface area contributed by atoms with E-state index in [0.29, 0.717) is 6.04 Å². The Hall–Kier alpha value is -2.11. The number of fused-ring (bicyclic) bond motifs is 1. The maximum absolute atomic E-state index is 4.69. The Morgan fingerprint density at radius 1 is 1.23 bits per heavy atom. The first-order chi connectivity index (χ1) is 10.6. The summed E-state index contributed by atoms with van der Waals surface area (Å²) in [5.74, 6) is 1.77. The first-order valence-electron chi connectivity index (χ1n) is 7.94. The predicted octanol–water partition coefficient (Wildman–Crippen LogP) is 1.95. The highest BCUT2D eigenvalue weighted by atomic mass is 15.3. The molecule has 0 saturated heterocycles. The van der Waals surface area contributed by atoms with Crippen molar-refractivity contribution in [1.29, 1.82) is 0 Å². The number of nitrogens with zero attached hydrogens (tertiary/aromatic N) is 6. The van der Waals surface area contributed by atoms with E-state index in [0.717, 1.165) is 37.0 Å². The molecule has 6 nitrogen and oxygen atoms in total. The lowest BCUT2D eigenvalue weighted by molar-refractivity contribution is 0.632. The lowest BCUT2D eigenvalue weighted by Gasteiger charge is -2.28. The fraction of sp³-hybridized carbons (Fsp3) is 0.562. The Morgan fingerprint density at radius 3 is 2.77 bits per heavy atom. The molecule has 0 amide bonds. The molecule has 3 heterocycles. The molecule has 0 aromatic carbocycles. The number of imidazole rings is 1. The number of aromatic nitrogens is 4. The van der Waals surface area contributed by atoms with Crippen molar-refractivity contribution in [2.24, 2.45) is 0 Å². The second-order valence-corrected chi connectivity index (χ2v) is 6.51. The molecule has 22 heavy (non-hydrogen) atoms. The Morgan fingerprint density at radius 2 is 2.05 bits per heavy atom. The molecule has 6 heteroatoms. The van der Waals surface area contributed by atoms with Crippen LogP contribution in [0.5, 0.6) is 0 Å². The Balaban J connectivity index is 1.62. The molecule has 2 aliphatic rings. The van der Waals surface area contributed by atoms with Gasteiger partial charge < -0.3 is 14.4 Å². The van der Waals surface area contributed by atoms with Crippen molar-refractivity contribution in [3.63, 3.8) is 0 Å². The topological polar surface area (TPSA) is 50.1 Å². The van der Waals surface area contributed by atoms with E-state index in [1.54, 1.807) is 0 Å². The minimum absolute atomic E-state index is 0.707. The van der Waals surface area contributed by atoms with Gasteiger partial charge in [0.2, 0.25) is 5.95 Å². The van der Waals surface area contributed by atoms with Crippen LogP contribution in [0.15, 0.2) is 12.4 Å². The van der Waals surface area contributed by atoms with Crippen molar-refractivity contribution in [1.82, 2.24) is 19.5 Å². The summed E-state index contributed by atoms with van der Waals surface area (Å²) in [7, 11) is 4.02. The Labute approximate surface area is 130 Å². The molecular weight excluding hydrogens is 276 g/mol. The maximum atomic E-state index is 4.69. The monoisotopic (exact) mass is 298 g/mol. The van der Waals surface area contributed by atoms with Gasteiger partial charge in [0.15, 0.2) is 0 Å². The van der Waals surface area contributed by atoms with Gasteiger partial charge in [0, 0.05) is 50.6 Å². The smallest absolute Gasteiger partial charge is 0.227 e. The second-order valence-electron chi connectivity index (χ2n) is 6.51. The molecule has 0 N–H and O–H groups in total. The minimum Gasteiger partial charge on any atom is -0.363 e. The van der Waals surface area contributed by atoms with E-state index >= 15 is 0 Å². The van der Waals surface area contributed by atoms with Crippen LogP contribution in [0.25, 0.3) is 0 Å². The lowest BCUT2D eigenvalue weighted by atomic mass is 10.1. The summed E-state index contributed by atoms with van der Waals surface area (Å²) in [6.45, 7) is 3.79. The van der Waals surface area contributed by atoms with Gasteiger partial charge in [0.1, 0.15) is 5.82 Å². The summed E-state index contributed by atoms with van der Waals surface area (Å²) in [6, 6.07) is 2.72. The summed E-state index contributed by atoms with van der Waals surface area (Å²) in [4.78, 5) is 18.2. The molecule has 2 aromatic heterocycles. The third-order valence-electron chi connectivity index (χ3n) is 4.45. The molecule has 4 rings (SSSR count). The van der Waals surface area contributed by atoms with Crippen LogP contribution in [0.4, 0.5) is 11.8 Å². The minimum atomic E-state index is 0.707. The van der Waals surface area contributed by atoms with Crippen molar-refractivity contribution in [2.75, 3.05) is 30.4 Å². The molecule has 116 valence electrons. The van der Waals surface area contributed by atoms with Crippen LogP contribution < -0.4 is 9.80 Å². The van der Waals surface area contributed by atoms with Gasteiger partial charge >= 0.3 is 0 Å². The highest BCUT2D eigenvalue weighted by Crippen LogP contribution is 2.37. The van der Waals surface area contributed by atoms with E-state index < -0.39 is 0 Å². The van der Waals surface area contributed by atoms with Gasteiger partial charge in [0.25, 0.3) is 0 Å². The maximum Gasteiger partial charge on any atom is 0.227 e. The molecule has 1 fully saturated rings. The van der Waals surface area contributed by atoms with Crippen LogP contribution in [0.1, 0.15) is 36.0 Å². The fourth-order valence-corrected chi connectivity index (χ4v) is 3.08. The molecule has 2 aromatic rings. The summed E-state index contributed by atoms with van der Waals surface area (Å²) >= 11 is 0. The van der Waals surface area contributed by atoms with E-state index in [1.165, 1.54) is 24.2 Å². The summed E-state index contributed by atoms with van der Waals surface area (Å²) < 4.78 is 2.38. The SMILES string of the molecule is Cc1cc(N(C)C)nc(N2CCc3c(ncn3C3CC3)C2)n1. The van der Waals surface area contributed by atoms with Crippen molar-refractivity contribution < 1.29 is 0 Å². The van der Waals surface area contributed by atoms with Gasteiger partial charge in [-0.15, -0.1) is 0 Å². The van der Waals surface area contributed by atoms with Gasteiger partial charge in [-0.1, -0.05) is 0 Å². The summed E-state index contributed by atoms with van der Waals surface area (Å²) in [5.41, 5.74) is 3.61. The Kier molecular flexibility index (Phi) is 3.06. The first-order valence-corrected chi connectivity index (χ1v) is 7.94. The third-order valence-corrected chi connectivity index (χ3v) is 4.45. The molecular formula is C16H22N6. The van der Waals surface area contributed by atoms with E-state index in [1.807, 2.05) is 38.3 Å². The molecule has 0 spiro atoms. The average Bonchev–Trinajstić information content (AvgIpc) is 3.25. The Bertz CT molecular complexity index is 701. The van der Waals surface area contributed by atoms with Crippen LogP contribution in [0, 0.1) is 6.92 Å². The molecule has 0 atom stereocenters. The normalized spacial score (nSPS) is 17.5. The average molecular weight is 298 g/mol. The molecule has 1 aliphatic carbocycles. The van der Waals surface area contributed by atoms with Gasteiger partial charge in [-0.3, -0.25) is 0 Å². The number of hydrogen-bond acceptors (Lipinski definition) is 5. The summed E-state index contributed by atoms with van der Waals surface area (Å²) in [5, 5.41) is 0. The summed E-state index contributed by atoms with van der Waals surface area (Å²) in [6.07, 6.45) is 5.66. The van der Waals surface area contributed by atoms with Crippen molar-refractivity contribution in [2.45, 2.75) is 38.8 Å². The van der Waals surface area contributed by atoms with Crippen LogP contribution in [0.2, 0.25) is 0 Å². The molecule has 0 bridgehead atoms. The van der Waals surface area contributed by atoms with Crippen LogP contribution in [-0.4, -0.2) is 40.2 Å². The van der Waals surface area contributed by atoms with Gasteiger partial charge in [-0.05, 0) is 19.8 Å². The molecule has 0 radical (unpaired) electrons. The highest BCUT2D eigenvalue weighted by molar-refractivity contribution is 5.46. The zero-order chi connectivity index (χ0) is 15.3.